The van der Waals surface area contributed by atoms with Gasteiger partial charge in [-0.3, -0.25) is 0 Å². The van der Waals surface area contributed by atoms with Gasteiger partial charge in [0.05, 0.1) is 19.9 Å². The third kappa shape index (κ3) is 6.11. The largest absolute Gasteiger partial charge is 0.497 e. The van der Waals surface area contributed by atoms with Crippen molar-refractivity contribution in [1.29, 1.82) is 0 Å². The molecule has 0 aliphatic rings. The molecule has 0 saturated heterocycles. The van der Waals surface area contributed by atoms with Gasteiger partial charge in [-0.05, 0) is 39.8 Å². The number of anilines is 1. The van der Waals surface area contributed by atoms with E-state index in [9.17, 15) is 4.79 Å². The molecule has 0 fully saturated rings. The molecule has 1 aromatic rings. The van der Waals surface area contributed by atoms with Gasteiger partial charge in [0, 0.05) is 18.7 Å². The Morgan fingerprint density at radius 3 is 2.45 bits per heavy atom. The molecule has 0 heterocycles. The molecule has 1 unspecified atom stereocenters. The molecular weight excluding hydrogens is 284 g/mol. The van der Waals surface area contributed by atoms with Gasteiger partial charge in [-0.1, -0.05) is 0 Å². The fourth-order valence-corrected chi connectivity index (χ4v) is 1.79. The van der Waals surface area contributed by atoms with Crippen LogP contribution < -0.4 is 20.1 Å². The van der Waals surface area contributed by atoms with Gasteiger partial charge in [0.15, 0.2) is 0 Å². The number of rotatable bonds is 6. The molecule has 1 rings (SSSR count). The maximum Gasteiger partial charge on any atom is 0.407 e. The molecular formula is C16H26N2O4. The van der Waals surface area contributed by atoms with E-state index in [1.807, 2.05) is 45.9 Å². The topological polar surface area (TPSA) is 68.8 Å². The van der Waals surface area contributed by atoms with Crippen LogP contribution in [-0.4, -0.2) is 38.5 Å². The number of benzene rings is 1. The third-order valence-corrected chi connectivity index (χ3v) is 2.76. The summed E-state index contributed by atoms with van der Waals surface area (Å²) < 4.78 is 15.7. The van der Waals surface area contributed by atoms with E-state index in [0.29, 0.717) is 12.3 Å². The first-order valence-electron chi connectivity index (χ1n) is 7.20. The van der Waals surface area contributed by atoms with Crippen LogP contribution in [0.15, 0.2) is 18.2 Å². The standard InChI is InChI=1S/C16H26N2O4/c1-11(10-17-15(19)22-16(2,3)4)18-13-9-12(20-5)7-8-14(13)21-6/h7-9,11,18H,10H2,1-6H3,(H,17,19). The van der Waals surface area contributed by atoms with E-state index in [2.05, 4.69) is 10.6 Å². The van der Waals surface area contributed by atoms with Crippen LogP contribution in [0.1, 0.15) is 27.7 Å². The minimum Gasteiger partial charge on any atom is -0.497 e. The van der Waals surface area contributed by atoms with Gasteiger partial charge < -0.3 is 24.8 Å². The molecule has 0 aliphatic carbocycles. The van der Waals surface area contributed by atoms with E-state index in [1.54, 1.807) is 14.2 Å². The molecule has 1 atom stereocenters. The second kappa shape index (κ2) is 7.77. The van der Waals surface area contributed by atoms with E-state index >= 15 is 0 Å². The minimum absolute atomic E-state index is 0.00600. The van der Waals surface area contributed by atoms with Crippen molar-refractivity contribution in [2.45, 2.75) is 39.3 Å². The second-order valence-electron chi connectivity index (χ2n) is 5.99. The molecule has 0 aliphatic heterocycles. The number of alkyl carbamates (subject to hydrolysis) is 1. The molecule has 22 heavy (non-hydrogen) atoms. The normalized spacial score (nSPS) is 12.3. The number of ether oxygens (including phenoxy) is 3. The first kappa shape index (κ1) is 17.9. The SMILES string of the molecule is COc1ccc(OC)c(NC(C)CNC(=O)OC(C)(C)C)c1. The Morgan fingerprint density at radius 2 is 1.91 bits per heavy atom. The predicted molar refractivity (Wildman–Crippen MR) is 86.9 cm³/mol. The summed E-state index contributed by atoms with van der Waals surface area (Å²) >= 11 is 0. The lowest BCUT2D eigenvalue weighted by molar-refractivity contribution is 0.0526. The molecule has 1 aromatic carbocycles. The fourth-order valence-electron chi connectivity index (χ4n) is 1.79. The molecule has 0 aromatic heterocycles. The monoisotopic (exact) mass is 310 g/mol. The lowest BCUT2D eigenvalue weighted by Crippen LogP contribution is -2.38. The second-order valence-corrected chi connectivity index (χ2v) is 5.99. The van der Waals surface area contributed by atoms with Crippen molar-refractivity contribution in [3.63, 3.8) is 0 Å². The predicted octanol–water partition coefficient (Wildman–Crippen LogP) is 3.03. The Morgan fingerprint density at radius 1 is 1.23 bits per heavy atom. The molecule has 0 spiro atoms. The molecule has 2 N–H and O–H groups in total. The van der Waals surface area contributed by atoms with Gasteiger partial charge in [0.1, 0.15) is 17.1 Å². The highest BCUT2D eigenvalue weighted by molar-refractivity contribution is 5.68. The Hall–Kier alpha value is -2.11. The molecule has 0 saturated carbocycles. The maximum absolute atomic E-state index is 11.6. The summed E-state index contributed by atoms with van der Waals surface area (Å²) in [6.07, 6.45) is -0.432. The van der Waals surface area contributed by atoms with E-state index < -0.39 is 11.7 Å². The number of hydrogen-bond acceptors (Lipinski definition) is 5. The van der Waals surface area contributed by atoms with Gasteiger partial charge >= 0.3 is 6.09 Å². The van der Waals surface area contributed by atoms with Gasteiger partial charge in [-0.25, -0.2) is 4.79 Å². The van der Waals surface area contributed by atoms with E-state index in [0.717, 1.165) is 11.4 Å². The van der Waals surface area contributed by atoms with Gasteiger partial charge in [0.25, 0.3) is 0 Å². The highest BCUT2D eigenvalue weighted by Crippen LogP contribution is 2.29. The van der Waals surface area contributed by atoms with Crippen LogP contribution in [0.5, 0.6) is 11.5 Å². The number of amides is 1. The van der Waals surface area contributed by atoms with Crippen molar-refractivity contribution in [3.05, 3.63) is 18.2 Å². The third-order valence-electron chi connectivity index (χ3n) is 2.76. The smallest absolute Gasteiger partial charge is 0.407 e. The van der Waals surface area contributed by atoms with Crippen molar-refractivity contribution in [2.24, 2.45) is 0 Å². The van der Waals surface area contributed by atoms with Crippen molar-refractivity contribution >= 4 is 11.8 Å². The first-order valence-corrected chi connectivity index (χ1v) is 7.20. The van der Waals surface area contributed by atoms with Crippen LogP contribution in [0.2, 0.25) is 0 Å². The Balaban J connectivity index is 2.58. The van der Waals surface area contributed by atoms with Crippen molar-refractivity contribution in [2.75, 3.05) is 26.1 Å². The zero-order valence-corrected chi connectivity index (χ0v) is 14.1. The summed E-state index contributed by atoms with van der Waals surface area (Å²) in [4.78, 5) is 11.6. The van der Waals surface area contributed by atoms with Crippen LogP contribution in [-0.2, 0) is 4.74 Å². The van der Waals surface area contributed by atoms with Gasteiger partial charge in [-0.2, -0.15) is 0 Å². The molecule has 6 heteroatoms. The number of methoxy groups -OCH3 is 2. The summed E-state index contributed by atoms with van der Waals surface area (Å²) in [5.74, 6) is 1.44. The summed E-state index contributed by atoms with van der Waals surface area (Å²) in [7, 11) is 3.22. The number of carbonyl (C=O) groups is 1. The molecule has 6 nitrogen and oxygen atoms in total. The Labute approximate surface area is 132 Å². The first-order chi connectivity index (χ1) is 10.2. The maximum atomic E-state index is 11.6. The van der Waals surface area contributed by atoms with Crippen molar-refractivity contribution in [1.82, 2.24) is 5.32 Å². The van der Waals surface area contributed by atoms with E-state index in [-0.39, 0.29) is 6.04 Å². The molecule has 0 bridgehead atoms. The Bertz CT molecular complexity index is 497. The average Bonchev–Trinajstić information content (AvgIpc) is 2.43. The summed E-state index contributed by atoms with van der Waals surface area (Å²) in [6.45, 7) is 7.87. The fraction of sp³-hybridized carbons (Fsp3) is 0.562. The van der Waals surface area contributed by atoms with Crippen molar-refractivity contribution in [3.8, 4) is 11.5 Å². The highest BCUT2D eigenvalue weighted by Gasteiger charge is 2.16. The lowest BCUT2D eigenvalue weighted by atomic mass is 10.2. The average molecular weight is 310 g/mol. The molecule has 124 valence electrons. The molecule has 0 radical (unpaired) electrons. The summed E-state index contributed by atoms with van der Waals surface area (Å²) in [6, 6.07) is 5.50. The zero-order valence-electron chi connectivity index (χ0n) is 14.1. The van der Waals surface area contributed by atoms with Gasteiger partial charge in [0.2, 0.25) is 0 Å². The zero-order chi connectivity index (χ0) is 16.8. The van der Waals surface area contributed by atoms with E-state index in [1.165, 1.54) is 0 Å². The highest BCUT2D eigenvalue weighted by atomic mass is 16.6. The lowest BCUT2D eigenvalue weighted by Gasteiger charge is -2.22. The number of carbonyl (C=O) groups excluding carboxylic acids is 1. The quantitative estimate of drug-likeness (QED) is 0.845. The molecule has 1 amide bonds. The van der Waals surface area contributed by atoms with Crippen LogP contribution in [0.3, 0.4) is 0 Å². The summed E-state index contributed by atoms with van der Waals surface area (Å²) in [5, 5.41) is 6.01. The number of hydrogen-bond donors (Lipinski definition) is 2. The van der Waals surface area contributed by atoms with Crippen LogP contribution in [0.25, 0.3) is 0 Å². The van der Waals surface area contributed by atoms with E-state index in [4.69, 9.17) is 14.2 Å². The van der Waals surface area contributed by atoms with Crippen molar-refractivity contribution < 1.29 is 19.0 Å². The minimum atomic E-state index is -0.503. The van der Waals surface area contributed by atoms with Crippen LogP contribution in [0.4, 0.5) is 10.5 Å². The Kier molecular flexibility index (Phi) is 6.34. The summed E-state index contributed by atoms with van der Waals surface area (Å²) in [5.41, 5.74) is 0.303. The van der Waals surface area contributed by atoms with Crippen LogP contribution in [0, 0.1) is 0 Å². The van der Waals surface area contributed by atoms with Gasteiger partial charge in [-0.15, -0.1) is 0 Å². The number of nitrogens with one attached hydrogen (secondary N) is 2. The van der Waals surface area contributed by atoms with Crippen LogP contribution >= 0.6 is 0 Å².